The van der Waals surface area contributed by atoms with Crippen molar-refractivity contribution in [1.82, 2.24) is 0 Å². The molecule has 2 nitrogen and oxygen atoms in total. The molecule has 19 heavy (non-hydrogen) atoms. The Morgan fingerprint density at radius 1 is 1.00 bits per heavy atom. The molecule has 1 N–H and O–H groups in total. The van der Waals surface area contributed by atoms with E-state index in [1.165, 1.54) is 0 Å². The first-order valence-electron chi connectivity index (χ1n) is 5.81. The lowest BCUT2D eigenvalue weighted by molar-refractivity contribution is 0.102. The van der Waals surface area contributed by atoms with Gasteiger partial charge < -0.3 is 5.32 Å². The standard InChI is InChI=1S/C15H13Br2NO/c1-9-3-5-12(8-14(9)17)18-15(19)13-6-4-11(16)7-10(13)2/h3-8H,1-2H3,(H,18,19). The number of hydrogen-bond donors (Lipinski definition) is 1. The number of anilines is 1. The summed E-state index contributed by atoms with van der Waals surface area (Å²) in [4.78, 5) is 12.2. The van der Waals surface area contributed by atoms with Gasteiger partial charge >= 0.3 is 0 Å². The highest BCUT2D eigenvalue weighted by Gasteiger charge is 2.09. The smallest absolute Gasteiger partial charge is 0.255 e. The van der Waals surface area contributed by atoms with E-state index in [4.69, 9.17) is 0 Å². The summed E-state index contributed by atoms with van der Waals surface area (Å²) in [5.74, 6) is -0.0965. The van der Waals surface area contributed by atoms with Crippen LogP contribution in [-0.4, -0.2) is 5.91 Å². The van der Waals surface area contributed by atoms with E-state index < -0.39 is 0 Å². The highest BCUT2D eigenvalue weighted by molar-refractivity contribution is 9.10. The molecule has 0 radical (unpaired) electrons. The Kier molecular flexibility index (Phi) is 4.42. The van der Waals surface area contributed by atoms with Crippen molar-refractivity contribution in [2.75, 3.05) is 5.32 Å². The average molecular weight is 383 g/mol. The second-order valence-corrected chi connectivity index (χ2v) is 6.15. The fourth-order valence-corrected chi connectivity index (χ4v) is 2.61. The van der Waals surface area contributed by atoms with Gasteiger partial charge in [-0.3, -0.25) is 4.79 Å². The molecule has 2 aromatic carbocycles. The number of carbonyl (C=O) groups is 1. The van der Waals surface area contributed by atoms with Crippen molar-refractivity contribution in [3.8, 4) is 0 Å². The van der Waals surface area contributed by atoms with Gasteiger partial charge in [0.25, 0.3) is 5.91 Å². The fraction of sp³-hybridized carbons (Fsp3) is 0.133. The minimum Gasteiger partial charge on any atom is -0.322 e. The van der Waals surface area contributed by atoms with E-state index in [1.54, 1.807) is 0 Å². The van der Waals surface area contributed by atoms with Crippen LogP contribution in [0, 0.1) is 13.8 Å². The zero-order valence-corrected chi connectivity index (χ0v) is 13.8. The Balaban J connectivity index is 2.23. The summed E-state index contributed by atoms with van der Waals surface area (Å²) in [5, 5.41) is 2.90. The molecule has 2 rings (SSSR count). The number of rotatable bonds is 2. The summed E-state index contributed by atoms with van der Waals surface area (Å²) in [6, 6.07) is 11.4. The van der Waals surface area contributed by atoms with Gasteiger partial charge in [0.1, 0.15) is 0 Å². The molecule has 1 amide bonds. The highest BCUT2D eigenvalue weighted by Crippen LogP contribution is 2.22. The van der Waals surface area contributed by atoms with Gasteiger partial charge in [-0.05, 0) is 55.3 Å². The van der Waals surface area contributed by atoms with Gasteiger partial charge in [0.05, 0.1) is 0 Å². The van der Waals surface area contributed by atoms with Crippen LogP contribution >= 0.6 is 31.9 Å². The van der Waals surface area contributed by atoms with Crippen LogP contribution in [0.25, 0.3) is 0 Å². The van der Waals surface area contributed by atoms with Crippen molar-refractivity contribution in [3.05, 3.63) is 62.0 Å². The predicted octanol–water partition coefficient (Wildman–Crippen LogP) is 5.08. The molecule has 0 aliphatic rings. The van der Waals surface area contributed by atoms with E-state index >= 15 is 0 Å². The predicted molar refractivity (Wildman–Crippen MR) is 85.7 cm³/mol. The van der Waals surface area contributed by atoms with E-state index in [9.17, 15) is 4.79 Å². The van der Waals surface area contributed by atoms with Crippen molar-refractivity contribution in [2.24, 2.45) is 0 Å². The van der Waals surface area contributed by atoms with E-state index in [1.807, 2.05) is 50.2 Å². The van der Waals surface area contributed by atoms with E-state index in [0.29, 0.717) is 5.56 Å². The molecule has 0 atom stereocenters. The molecule has 0 aliphatic heterocycles. The number of amides is 1. The van der Waals surface area contributed by atoms with Crippen molar-refractivity contribution >= 4 is 43.5 Å². The first-order chi connectivity index (χ1) is 8.97. The molecular formula is C15H13Br2NO. The second-order valence-electron chi connectivity index (χ2n) is 4.38. The maximum atomic E-state index is 12.2. The van der Waals surface area contributed by atoms with Gasteiger partial charge in [0, 0.05) is 20.2 Å². The quantitative estimate of drug-likeness (QED) is 0.770. The number of nitrogens with one attached hydrogen (secondary N) is 1. The van der Waals surface area contributed by atoms with Crippen molar-refractivity contribution < 1.29 is 4.79 Å². The molecule has 4 heteroatoms. The van der Waals surface area contributed by atoms with Crippen LogP contribution < -0.4 is 5.32 Å². The Hall–Kier alpha value is -1.13. The molecule has 98 valence electrons. The van der Waals surface area contributed by atoms with Crippen LogP contribution in [0.2, 0.25) is 0 Å². The van der Waals surface area contributed by atoms with Crippen LogP contribution in [-0.2, 0) is 0 Å². The summed E-state index contributed by atoms with van der Waals surface area (Å²) >= 11 is 6.85. The zero-order chi connectivity index (χ0) is 14.0. The third kappa shape index (κ3) is 3.45. The Morgan fingerprint density at radius 2 is 1.74 bits per heavy atom. The number of carbonyl (C=O) groups excluding carboxylic acids is 1. The minimum absolute atomic E-state index is 0.0965. The normalized spacial score (nSPS) is 10.3. The van der Waals surface area contributed by atoms with Crippen LogP contribution in [0.5, 0.6) is 0 Å². The van der Waals surface area contributed by atoms with E-state index in [-0.39, 0.29) is 5.91 Å². The van der Waals surface area contributed by atoms with Gasteiger partial charge in [-0.1, -0.05) is 37.9 Å². The Morgan fingerprint density at radius 3 is 2.37 bits per heavy atom. The maximum absolute atomic E-state index is 12.2. The van der Waals surface area contributed by atoms with Crippen LogP contribution in [0.3, 0.4) is 0 Å². The minimum atomic E-state index is -0.0965. The molecule has 0 saturated carbocycles. The molecule has 0 saturated heterocycles. The van der Waals surface area contributed by atoms with Crippen molar-refractivity contribution in [2.45, 2.75) is 13.8 Å². The summed E-state index contributed by atoms with van der Waals surface area (Å²) in [5.41, 5.74) is 3.54. The first-order valence-corrected chi connectivity index (χ1v) is 7.39. The monoisotopic (exact) mass is 381 g/mol. The average Bonchev–Trinajstić information content (AvgIpc) is 2.33. The Labute approximate surface area is 129 Å². The van der Waals surface area contributed by atoms with Crippen LogP contribution in [0.15, 0.2) is 45.3 Å². The first kappa shape index (κ1) is 14.3. The van der Waals surface area contributed by atoms with E-state index in [2.05, 4.69) is 37.2 Å². The SMILES string of the molecule is Cc1ccc(NC(=O)c2ccc(Br)cc2C)cc1Br. The third-order valence-corrected chi connectivity index (χ3v) is 4.21. The third-order valence-electron chi connectivity index (χ3n) is 2.86. The van der Waals surface area contributed by atoms with Gasteiger partial charge in [0.15, 0.2) is 0 Å². The molecule has 0 heterocycles. The summed E-state index contributed by atoms with van der Waals surface area (Å²) in [6.07, 6.45) is 0. The molecule has 0 aromatic heterocycles. The molecule has 0 spiro atoms. The van der Waals surface area contributed by atoms with Gasteiger partial charge in [0.2, 0.25) is 0 Å². The van der Waals surface area contributed by atoms with Crippen LogP contribution in [0.4, 0.5) is 5.69 Å². The molecule has 0 bridgehead atoms. The largest absolute Gasteiger partial charge is 0.322 e. The topological polar surface area (TPSA) is 29.1 Å². The lowest BCUT2D eigenvalue weighted by Crippen LogP contribution is -2.13. The van der Waals surface area contributed by atoms with E-state index in [0.717, 1.165) is 25.8 Å². The van der Waals surface area contributed by atoms with Gasteiger partial charge in [-0.2, -0.15) is 0 Å². The molecule has 2 aromatic rings. The summed E-state index contributed by atoms with van der Waals surface area (Å²) < 4.78 is 1.96. The number of aryl methyl sites for hydroxylation is 2. The lowest BCUT2D eigenvalue weighted by atomic mass is 10.1. The fourth-order valence-electron chi connectivity index (χ4n) is 1.75. The number of benzene rings is 2. The maximum Gasteiger partial charge on any atom is 0.255 e. The lowest BCUT2D eigenvalue weighted by Gasteiger charge is -2.09. The zero-order valence-electron chi connectivity index (χ0n) is 10.6. The summed E-state index contributed by atoms with van der Waals surface area (Å²) in [7, 11) is 0. The molecule has 0 unspecified atom stereocenters. The van der Waals surface area contributed by atoms with Gasteiger partial charge in [-0.25, -0.2) is 0 Å². The second kappa shape index (κ2) is 5.88. The Bertz CT molecular complexity index is 638. The number of halogens is 2. The molecular weight excluding hydrogens is 370 g/mol. The summed E-state index contributed by atoms with van der Waals surface area (Å²) in [6.45, 7) is 3.93. The van der Waals surface area contributed by atoms with Gasteiger partial charge in [-0.15, -0.1) is 0 Å². The molecule has 0 aliphatic carbocycles. The van der Waals surface area contributed by atoms with Crippen molar-refractivity contribution in [3.63, 3.8) is 0 Å². The molecule has 0 fully saturated rings. The van der Waals surface area contributed by atoms with Crippen LogP contribution in [0.1, 0.15) is 21.5 Å². The van der Waals surface area contributed by atoms with Crippen molar-refractivity contribution in [1.29, 1.82) is 0 Å². The number of hydrogen-bond acceptors (Lipinski definition) is 1. The highest BCUT2D eigenvalue weighted by atomic mass is 79.9.